The number of para-hydroxylation sites is 1. The summed E-state index contributed by atoms with van der Waals surface area (Å²) in [5.74, 6) is 2.84. The maximum Gasteiger partial charge on any atom is 0.191 e. The number of aromatic nitrogens is 1. The molecule has 160 valence electrons. The van der Waals surface area contributed by atoms with Gasteiger partial charge in [0.05, 0.1) is 6.54 Å². The average Bonchev–Trinajstić information content (AvgIpc) is 3.08. The number of aryl methyl sites for hydroxylation is 2. The van der Waals surface area contributed by atoms with Crippen molar-refractivity contribution in [1.29, 1.82) is 0 Å². The number of halogens is 1. The Morgan fingerprint density at radius 2 is 1.93 bits per heavy atom. The lowest BCUT2D eigenvalue weighted by Crippen LogP contribution is -2.48. The molecule has 0 spiro atoms. The Morgan fingerprint density at radius 1 is 1.17 bits per heavy atom. The average molecular weight is 519 g/mol. The first-order chi connectivity index (χ1) is 14.1. The summed E-state index contributed by atoms with van der Waals surface area (Å²) in [4.78, 5) is 11.3. The zero-order valence-electron chi connectivity index (χ0n) is 17.8. The first-order valence-corrected chi connectivity index (χ1v) is 10.3. The molecule has 1 aliphatic rings. The van der Waals surface area contributed by atoms with Gasteiger partial charge in [-0.2, -0.15) is 0 Å². The Kier molecular flexibility index (Phi) is 7.58. The zero-order valence-corrected chi connectivity index (χ0v) is 20.1. The Morgan fingerprint density at radius 3 is 2.60 bits per heavy atom. The van der Waals surface area contributed by atoms with Crippen LogP contribution >= 0.6 is 24.0 Å². The van der Waals surface area contributed by atoms with Crippen LogP contribution in [0.3, 0.4) is 0 Å². The van der Waals surface area contributed by atoms with Gasteiger partial charge in [0.25, 0.3) is 0 Å². The Balaban J connectivity index is 0.00000256. The summed E-state index contributed by atoms with van der Waals surface area (Å²) in [5.41, 5.74) is 3.31. The lowest BCUT2D eigenvalue weighted by Gasteiger charge is -2.33. The van der Waals surface area contributed by atoms with Gasteiger partial charge in [0.1, 0.15) is 17.2 Å². The van der Waals surface area contributed by atoms with Crippen molar-refractivity contribution in [3.8, 4) is 0 Å². The minimum Gasteiger partial charge on any atom is -0.459 e. The van der Waals surface area contributed by atoms with E-state index in [0.717, 1.165) is 49.1 Å². The molecule has 0 aliphatic carbocycles. The van der Waals surface area contributed by atoms with Crippen LogP contribution < -0.4 is 15.5 Å². The third-order valence-electron chi connectivity index (χ3n) is 5.64. The number of aliphatic imine (C=N–C) groups is 1. The number of hydrogen-bond acceptors (Lipinski definition) is 4. The minimum atomic E-state index is 0. The first kappa shape index (κ1) is 22.4. The Labute approximate surface area is 195 Å². The van der Waals surface area contributed by atoms with E-state index in [2.05, 4.69) is 57.6 Å². The van der Waals surface area contributed by atoms with Gasteiger partial charge in [-0.25, -0.2) is 4.98 Å². The second kappa shape index (κ2) is 10.1. The number of rotatable bonds is 4. The number of nitrogens with zero attached hydrogens (tertiary/aromatic N) is 3. The van der Waals surface area contributed by atoms with Crippen molar-refractivity contribution in [3.05, 3.63) is 59.5 Å². The van der Waals surface area contributed by atoms with Gasteiger partial charge in [0.2, 0.25) is 0 Å². The summed E-state index contributed by atoms with van der Waals surface area (Å²) in [7, 11) is 1.81. The van der Waals surface area contributed by atoms with Crippen LogP contribution in [0.2, 0.25) is 0 Å². The molecule has 0 bridgehead atoms. The van der Waals surface area contributed by atoms with E-state index >= 15 is 0 Å². The van der Waals surface area contributed by atoms with Crippen LogP contribution in [-0.4, -0.2) is 37.1 Å². The van der Waals surface area contributed by atoms with Crippen molar-refractivity contribution >= 4 is 46.7 Å². The van der Waals surface area contributed by atoms with Crippen molar-refractivity contribution in [3.63, 3.8) is 0 Å². The molecular weight excluding hydrogens is 489 g/mol. The van der Waals surface area contributed by atoms with Gasteiger partial charge in [0, 0.05) is 43.3 Å². The highest BCUT2D eigenvalue weighted by Crippen LogP contribution is 2.24. The molecule has 0 atom stereocenters. The highest BCUT2D eigenvalue weighted by atomic mass is 127. The van der Waals surface area contributed by atoms with Crippen LogP contribution in [0, 0.1) is 13.8 Å². The number of hydrogen-bond donors (Lipinski definition) is 2. The summed E-state index contributed by atoms with van der Waals surface area (Å²) in [6, 6.07) is 12.8. The lowest BCUT2D eigenvalue weighted by molar-refractivity contribution is 0.457. The van der Waals surface area contributed by atoms with E-state index in [4.69, 9.17) is 4.42 Å². The minimum absolute atomic E-state index is 0. The van der Waals surface area contributed by atoms with Crippen molar-refractivity contribution in [2.24, 2.45) is 4.99 Å². The smallest absolute Gasteiger partial charge is 0.191 e. The fourth-order valence-corrected chi connectivity index (χ4v) is 3.85. The molecule has 1 aromatic carbocycles. The fraction of sp³-hybridized carbons (Fsp3) is 0.391. The molecule has 0 unspecified atom stereocenters. The zero-order chi connectivity index (χ0) is 20.2. The van der Waals surface area contributed by atoms with E-state index in [1.165, 1.54) is 16.5 Å². The largest absolute Gasteiger partial charge is 0.459 e. The van der Waals surface area contributed by atoms with E-state index < -0.39 is 0 Å². The normalized spacial score (nSPS) is 15.2. The van der Waals surface area contributed by atoms with E-state index in [1.807, 2.05) is 31.4 Å². The highest BCUT2D eigenvalue weighted by molar-refractivity contribution is 14.0. The van der Waals surface area contributed by atoms with Gasteiger partial charge in [-0.3, -0.25) is 4.99 Å². The summed E-state index contributed by atoms with van der Waals surface area (Å²) in [6.45, 7) is 6.78. The molecule has 2 aromatic heterocycles. The summed E-state index contributed by atoms with van der Waals surface area (Å²) < 4.78 is 6.00. The van der Waals surface area contributed by atoms with Crippen LogP contribution in [-0.2, 0) is 6.54 Å². The second-order valence-electron chi connectivity index (χ2n) is 7.67. The molecule has 0 saturated carbocycles. The van der Waals surface area contributed by atoms with E-state index in [0.29, 0.717) is 12.6 Å². The molecule has 6 nitrogen and oxygen atoms in total. The molecule has 1 aliphatic heterocycles. The molecule has 0 radical (unpaired) electrons. The third-order valence-corrected chi connectivity index (χ3v) is 5.64. The molecular formula is C23H30IN5O. The molecule has 3 aromatic rings. The van der Waals surface area contributed by atoms with E-state index in [9.17, 15) is 0 Å². The van der Waals surface area contributed by atoms with Crippen LogP contribution in [0.25, 0.3) is 11.0 Å². The number of piperidine rings is 1. The molecule has 0 amide bonds. The summed E-state index contributed by atoms with van der Waals surface area (Å²) >= 11 is 0. The van der Waals surface area contributed by atoms with Crippen LogP contribution in [0.1, 0.15) is 29.7 Å². The maximum atomic E-state index is 6.00. The number of guanidine groups is 1. The van der Waals surface area contributed by atoms with Crippen LogP contribution in [0.4, 0.5) is 5.82 Å². The topological polar surface area (TPSA) is 65.7 Å². The fourth-order valence-electron chi connectivity index (χ4n) is 3.85. The maximum absolute atomic E-state index is 6.00. The van der Waals surface area contributed by atoms with Crippen molar-refractivity contribution < 1.29 is 4.42 Å². The molecule has 3 heterocycles. The number of benzene rings is 1. The predicted octanol–water partition coefficient (Wildman–Crippen LogP) is 4.40. The molecule has 1 saturated heterocycles. The van der Waals surface area contributed by atoms with E-state index in [1.54, 1.807) is 0 Å². The van der Waals surface area contributed by atoms with Gasteiger partial charge in [-0.05, 0) is 44.4 Å². The predicted molar refractivity (Wildman–Crippen MR) is 134 cm³/mol. The quantitative estimate of drug-likeness (QED) is 0.304. The number of furan rings is 1. The van der Waals surface area contributed by atoms with Crippen molar-refractivity contribution in [1.82, 2.24) is 15.6 Å². The van der Waals surface area contributed by atoms with Gasteiger partial charge in [0.15, 0.2) is 5.96 Å². The monoisotopic (exact) mass is 519 g/mol. The highest BCUT2D eigenvalue weighted by Gasteiger charge is 2.21. The number of anilines is 1. The SMILES string of the molecule is CN=C(NCc1oc2ccccc2c1C)NC1CCN(c2ccc(C)cn2)CC1.I. The Bertz CT molecular complexity index is 991. The van der Waals surface area contributed by atoms with E-state index in [-0.39, 0.29) is 24.0 Å². The lowest BCUT2D eigenvalue weighted by atomic mass is 10.1. The van der Waals surface area contributed by atoms with Gasteiger partial charge < -0.3 is 20.0 Å². The third kappa shape index (κ3) is 5.06. The molecule has 1 fully saturated rings. The molecule has 2 N–H and O–H groups in total. The Hall–Kier alpha value is -2.29. The summed E-state index contributed by atoms with van der Waals surface area (Å²) in [5, 5.41) is 8.13. The van der Waals surface area contributed by atoms with Gasteiger partial charge in [-0.15, -0.1) is 24.0 Å². The molecule has 7 heteroatoms. The van der Waals surface area contributed by atoms with Crippen molar-refractivity contribution in [2.75, 3.05) is 25.0 Å². The standard InChI is InChI=1S/C23H29N5O.HI/c1-16-8-9-22(25-14-16)28-12-10-18(11-13-28)27-23(24-3)26-15-21-17(2)19-6-4-5-7-20(19)29-21;/h4-9,14,18H,10-13,15H2,1-3H3,(H2,24,26,27);1H. The number of pyridine rings is 1. The van der Waals surface area contributed by atoms with Gasteiger partial charge >= 0.3 is 0 Å². The van der Waals surface area contributed by atoms with Gasteiger partial charge in [-0.1, -0.05) is 24.3 Å². The summed E-state index contributed by atoms with van der Waals surface area (Å²) in [6.07, 6.45) is 4.05. The van der Waals surface area contributed by atoms with Crippen LogP contribution in [0.15, 0.2) is 52.0 Å². The molecule has 30 heavy (non-hydrogen) atoms. The number of fused-ring (bicyclic) bond motifs is 1. The number of nitrogens with one attached hydrogen (secondary N) is 2. The first-order valence-electron chi connectivity index (χ1n) is 10.3. The molecule has 4 rings (SSSR count). The van der Waals surface area contributed by atoms with Crippen LogP contribution in [0.5, 0.6) is 0 Å². The van der Waals surface area contributed by atoms with Crippen molar-refractivity contribution in [2.45, 2.75) is 39.3 Å². The second-order valence-corrected chi connectivity index (χ2v) is 7.67.